The molecule has 1 N–H and O–H groups in total. The van der Waals surface area contributed by atoms with Crippen molar-refractivity contribution in [3.63, 3.8) is 0 Å². The minimum absolute atomic E-state index is 0.244. The minimum Gasteiger partial charge on any atom is -0.497 e. The van der Waals surface area contributed by atoms with Crippen molar-refractivity contribution in [2.75, 3.05) is 12.4 Å². The van der Waals surface area contributed by atoms with Gasteiger partial charge in [0.25, 0.3) is 0 Å². The zero-order valence-electron chi connectivity index (χ0n) is 12.3. The van der Waals surface area contributed by atoms with Crippen LogP contribution in [0.2, 0.25) is 0 Å². The van der Waals surface area contributed by atoms with Crippen LogP contribution in [0.15, 0.2) is 40.9 Å². The summed E-state index contributed by atoms with van der Waals surface area (Å²) >= 11 is 3.51. The van der Waals surface area contributed by atoms with Crippen LogP contribution in [0.25, 0.3) is 0 Å². The van der Waals surface area contributed by atoms with Gasteiger partial charge in [0.1, 0.15) is 5.75 Å². The lowest BCUT2D eigenvalue weighted by Gasteiger charge is -2.19. The summed E-state index contributed by atoms with van der Waals surface area (Å²) in [4.78, 5) is 0. The van der Waals surface area contributed by atoms with Gasteiger partial charge in [0, 0.05) is 22.3 Å². The Hall–Kier alpha value is -1.48. The van der Waals surface area contributed by atoms with Crippen LogP contribution in [-0.4, -0.2) is 7.11 Å². The second kappa shape index (κ2) is 6.31. The highest BCUT2D eigenvalue weighted by Gasteiger charge is 2.09. The number of aryl methyl sites for hydroxylation is 2. The Morgan fingerprint density at radius 3 is 2.55 bits per heavy atom. The van der Waals surface area contributed by atoms with Crippen molar-refractivity contribution in [2.24, 2.45) is 0 Å². The lowest BCUT2D eigenvalue weighted by atomic mass is 10.00. The van der Waals surface area contributed by atoms with Crippen LogP contribution in [0.1, 0.15) is 29.7 Å². The summed E-state index contributed by atoms with van der Waals surface area (Å²) in [7, 11) is 1.68. The predicted molar refractivity (Wildman–Crippen MR) is 88.6 cm³/mol. The summed E-state index contributed by atoms with van der Waals surface area (Å²) in [5, 5.41) is 3.53. The van der Waals surface area contributed by atoms with Gasteiger partial charge in [-0.2, -0.15) is 0 Å². The molecule has 0 fully saturated rings. The van der Waals surface area contributed by atoms with Crippen molar-refractivity contribution >= 4 is 21.6 Å². The molecular formula is C17H20BrNO. The molecule has 0 aromatic heterocycles. The molecule has 0 spiro atoms. The molecule has 0 amide bonds. The summed E-state index contributed by atoms with van der Waals surface area (Å²) < 4.78 is 6.30. The van der Waals surface area contributed by atoms with E-state index in [1.165, 1.54) is 16.7 Å². The summed E-state index contributed by atoms with van der Waals surface area (Å²) in [6, 6.07) is 12.8. The smallest absolute Gasteiger partial charge is 0.122 e. The third kappa shape index (κ3) is 3.54. The fraction of sp³-hybridized carbons (Fsp3) is 0.294. The van der Waals surface area contributed by atoms with Crippen LogP contribution >= 0.6 is 15.9 Å². The Morgan fingerprint density at radius 1 is 1.10 bits per heavy atom. The number of hydrogen-bond donors (Lipinski definition) is 1. The molecule has 20 heavy (non-hydrogen) atoms. The van der Waals surface area contributed by atoms with Crippen molar-refractivity contribution in [3.05, 3.63) is 57.6 Å². The van der Waals surface area contributed by atoms with Crippen molar-refractivity contribution in [3.8, 4) is 5.75 Å². The molecule has 0 heterocycles. The molecule has 2 rings (SSSR count). The zero-order chi connectivity index (χ0) is 14.7. The van der Waals surface area contributed by atoms with E-state index in [2.05, 4.69) is 66.3 Å². The second-order valence-electron chi connectivity index (χ2n) is 5.11. The van der Waals surface area contributed by atoms with Gasteiger partial charge >= 0.3 is 0 Å². The Balaban J connectivity index is 2.25. The molecule has 0 aliphatic rings. The van der Waals surface area contributed by atoms with E-state index in [-0.39, 0.29) is 6.04 Å². The Bertz CT molecular complexity index is 610. The van der Waals surface area contributed by atoms with Crippen LogP contribution in [0.4, 0.5) is 5.69 Å². The monoisotopic (exact) mass is 333 g/mol. The van der Waals surface area contributed by atoms with Crippen LogP contribution < -0.4 is 10.1 Å². The van der Waals surface area contributed by atoms with Crippen molar-refractivity contribution in [2.45, 2.75) is 26.8 Å². The molecule has 0 bridgehead atoms. The summed E-state index contributed by atoms with van der Waals surface area (Å²) in [5.41, 5.74) is 4.96. The number of nitrogens with one attached hydrogen (secondary N) is 1. The SMILES string of the molecule is COc1cc(Br)cc(NC(C)c2cc(C)ccc2C)c1. The highest BCUT2D eigenvalue weighted by Crippen LogP contribution is 2.28. The normalized spacial score (nSPS) is 12.1. The standard InChI is InChI=1S/C17H20BrNO/c1-11-5-6-12(2)17(7-11)13(3)19-15-8-14(18)9-16(10-15)20-4/h5-10,13,19H,1-4H3. The third-order valence-corrected chi connectivity index (χ3v) is 3.85. The van der Waals surface area contributed by atoms with E-state index >= 15 is 0 Å². The van der Waals surface area contributed by atoms with E-state index in [1.807, 2.05) is 12.1 Å². The van der Waals surface area contributed by atoms with Gasteiger partial charge in [-0.25, -0.2) is 0 Å². The molecule has 2 aromatic rings. The molecule has 0 aliphatic heterocycles. The maximum absolute atomic E-state index is 5.30. The van der Waals surface area contributed by atoms with Crippen molar-refractivity contribution < 1.29 is 4.74 Å². The van der Waals surface area contributed by atoms with Crippen molar-refractivity contribution in [1.82, 2.24) is 0 Å². The van der Waals surface area contributed by atoms with Crippen LogP contribution in [0.3, 0.4) is 0 Å². The predicted octanol–water partition coefficient (Wildman–Crippen LogP) is 5.25. The van der Waals surface area contributed by atoms with Gasteiger partial charge in [-0.15, -0.1) is 0 Å². The van der Waals surface area contributed by atoms with E-state index in [0.29, 0.717) is 0 Å². The molecular weight excluding hydrogens is 314 g/mol. The van der Waals surface area contributed by atoms with Gasteiger partial charge in [0.15, 0.2) is 0 Å². The highest BCUT2D eigenvalue weighted by atomic mass is 79.9. The minimum atomic E-state index is 0.244. The van der Waals surface area contributed by atoms with Gasteiger partial charge in [-0.3, -0.25) is 0 Å². The van der Waals surface area contributed by atoms with Gasteiger partial charge < -0.3 is 10.1 Å². The maximum Gasteiger partial charge on any atom is 0.122 e. The number of benzene rings is 2. The molecule has 0 aliphatic carbocycles. The van der Waals surface area contributed by atoms with E-state index < -0.39 is 0 Å². The Labute approximate surface area is 129 Å². The summed E-state index contributed by atoms with van der Waals surface area (Å²) in [6.07, 6.45) is 0. The summed E-state index contributed by atoms with van der Waals surface area (Å²) in [6.45, 7) is 6.45. The number of rotatable bonds is 4. The van der Waals surface area contributed by atoms with Crippen molar-refractivity contribution in [1.29, 1.82) is 0 Å². The van der Waals surface area contributed by atoms with Crippen LogP contribution in [0.5, 0.6) is 5.75 Å². The first-order valence-electron chi connectivity index (χ1n) is 6.68. The van der Waals surface area contributed by atoms with E-state index in [0.717, 1.165) is 15.9 Å². The quantitative estimate of drug-likeness (QED) is 0.825. The molecule has 0 saturated carbocycles. The molecule has 0 saturated heterocycles. The Kier molecular flexibility index (Phi) is 4.71. The molecule has 3 heteroatoms. The maximum atomic E-state index is 5.30. The average molecular weight is 334 g/mol. The second-order valence-corrected chi connectivity index (χ2v) is 6.02. The molecule has 106 valence electrons. The largest absolute Gasteiger partial charge is 0.497 e. The molecule has 0 radical (unpaired) electrons. The van der Waals surface area contributed by atoms with E-state index in [9.17, 15) is 0 Å². The number of anilines is 1. The lowest BCUT2D eigenvalue weighted by Crippen LogP contribution is -2.08. The van der Waals surface area contributed by atoms with Gasteiger partial charge in [0.05, 0.1) is 7.11 Å². The fourth-order valence-electron chi connectivity index (χ4n) is 2.32. The van der Waals surface area contributed by atoms with Gasteiger partial charge in [-0.1, -0.05) is 39.7 Å². The topological polar surface area (TPSA) is 21.3 Å². The Morgan fingerprint density at radius 2 is 1.85 bits per heavy atom. The number of halogens is 1. The van der Waals surface area contributed by atoms with E-state index in [4.69, 9.17) is 4.74 Å². The highest BCUT2D eigenvalue weighted by molar-refractivity contribution is 9.10. The number of ether oxygens (including phenoxy) is 1. The third-order valence-electron chi connectivity index (χ3n) is 3.39. The molecule has 1 atom stereocenters. The van der Waals surface area contributed by atoms with Gasteiger partial charge in [0.2, 0.25) is 0 Å². The zero-order valence-corrected chi connectivity index (χ0v) is 13.9. The lowest BCUT2D eigenvalue weighted by molar-refractivity contribution is 0.414. The van der Waals surface area contributed by atoms with E-state index in [1.54, 1.807) is 7.11 Å². The first-order chi connectivity index (χ1) is 9.49. The molecule has 2 nitrogen and oxygen atoms in total. The fourth-order valence-corrected chi connectivity index (χ4v) is 2.79. The summed E-state index contributed by atoms with van der Waals surface area (Å²) in [5.74, 6) is 0.843. The molecule has 1 unspecified atom stereocenters. The average Bonchev–Trinajstić information content (AvgIpc) is 2.40. The molecule has 2 aromatic carbocycles. The van der Waals surface area contributed by atoms with Gasteiger partial charge in [-0.05, 0) is 44.0 Å². The first-order valence-corrected chi connectivity index (χ1v) is 7.47. The number of methoxy groups -OCH3 is 1. The first kappa shape index (κ1) is 14.9. The van der Waals surface area contributed by atoms with Crippen LogP contribution in [-0.2, 0) is 0 Å². The number of hydrogen-bond acceptors (Lipinski definition) is 2. The van der Waals surface area contributed by atoms with Crippen LogP contribution in [0, 0.1) is 13.8 Å².